The van der Waals surface area contributed by atoms with Crippen LogP contribution < -0.4 is 5.73 Å². The fourth-order valence-corrected chi connectivity index (χ4v) is 4.00. The van der Waals surface area contributed by atoms with Crippen LogP contribution in [-0.4, -0.2) is 6.26 Å². The first kappa shape index (κ1) is 13.1. The van der Waals surface area contributed by atoms with E-state index in [4.69, 9.17) is 5.73 Å². The lowest BCUT2D eigenvalue weighted by Crippen LogP contribution is -2.13. The van der Waals surface area contributed by atoms with Gasteiger partial charge in [-0.25, -0.2) is 0 Å². The first-order chi connectivity index (χ1) is 8.22. The second-order valence-electron chi connectivity index (χ2n) is 3.74. The highest BCUT2D eigenvalue weighted by Crippen LogP contribution is 2.30. The molecule has 1 aromatic heterocycles. The second-order valence-corrected chi connectivity index (χ2v) is 6.45. The van der Waals surface area contributed by atoms with Gasteiger partial charge in [-0.05, 0) is 45.3 Å². The zero-order chi connectivity index (χ0) is 12.3. The van der Waals surface area contributed by atoms with Crippen LogP contribution in [0.3, 0.4) is 0 Å². The Morgan fingerprint density at radius 3 is 2.76 bits per heavy atom. The molecule has 1 heterocycles. The molecule has 0 aliphatic heterocycles. The van der Waals surface area contributed by atoms with Crippen molar-refractivity contribution in [2.45, 2.75) is 17.4 Å². The molecular formula is C13H14BrNS2. The number of benzene rings is 1. The van der Waals surface area contributed by atoms with E-state index in [9.17, 15) is 0 Å². The molecule has 2 N–H and O–H groups in total. The van der Waals surface area contributed by atoms with E-state index in [2.05, 4.69) is 57.9 Å². The summed E-state index contributed by atoms with van der Waals surface area (Å²) in [5, 5.41) is 2.09. The van der Waals surface area contributed by atoms with E-state index in [0.717, 1.165) is 6.42 Å². The molecular weight excluding hydrogens is 314 g/mol. The Morgan fingerprint density at radius 2 is 2.12 bits per heavy atom. The lowest BCUT2D eigenvalue weighted by Gasteiger charge is -2.14. The van der Waals surface area contributed by atoms with Crippen LogP contribution >= 0.6 is 39.0 Å². The van der Waals surface area contributed by atoms with Crippen LogP contribution in [0.25, 0.3) is 0 Å². The van der Waals surface area contributed by atoms with Crippen LogP contribution in [0.2, 0.25) is 0 Å². The molecule has 90 valence electrons. The summed E-state index contributed by atoms with van der Waals surface area (Å²) >= 11 is 7.06. The molecule has 1 nitrogen and oxygen atoms in total. The fourth-order valence-electron chi connectivity index (χ4n) is 1.75. The highest BCUT2D eigenvalue weighted by atomic mass is 79.9. The van der Waals surface area contributed by atoms with Crippen LogP contribution in [0, 0.1) is 0 Å². The quantitative estimate of drug-likeness (QED) is 0.838. The fraction of sp³-hybridized carbons (Fsp3) is 0.231. The SMILES string of the molecule is CSc1ccccc1C(N)Cc1sccc1Br. The summed E-state index contributed by atoms with van der Waals surface area (Å²) in [6.07, 6.45) is 2.97. The largest absolute Gasteiger partial charge is 0.324 e. The average molecular weight is 328 g/mol. The van der Waals surface area contributed by atoms with Crippen LogP contribution in [0.5, 0.6) is 0 Å². The molecule has 17 heavy (non-hydrogen) atoms. The third-order valence-corrected chi connectivity index (χ3v) is 5.40. The molecule has 0 saturated carbocycles. The van der Waals surface area contributed by atoms with E-state index in [1.165, 1.54) is 19.8 Å². The number of hydrogen-bond acceptors (Lipinski definition) is 3. The summed E-state index contributed by atoms with van der Waals surface area (Å²) in [5.74, 6) is 0. The molecule has 2 rings (SSSR count). The number of nitrogens with two attached hydrogens (primary N) is 1. The molecule has 0 bridgehead atoms. The summed E-state index contributed by atoms with van der Waals surface area (Å²) < 4.78 is 1.17. The lowest BCUT2D eigenvalue weighted by molar-refractivity contribution is 0.714. The number of thiophene rings is 1. The summed E-state index contributed by atoms with van der Waals surface area (Å²) in [5.41, 5.74) is 7.54. The van der Waals surface area contributed by atoms with Crippen molar-refractivity contribution >= 4 is 39.0 Å². The molecule has 1 atom stereocenters. The van der Waals surface area contributed by atoms with Crippen LogP contribution in [0.15, 0.2) is 45.1 Å². The molecule has 0 saturated heterocycles. The van der Waals surface area contributed by atoms with Crippen molar-refractivity contribution in [1.29, 1.82) is 0 Å². The van der Waals surface area contributed by atoms with Gasteiger partial charge in [0, 0.05) is 26.7 Å². The third kappa shape index (κ3) is 3.13. The Labute approximate surface area is 119 Å². The minimum Gasteiger partial charge on any atom is -0.324 e. The van der Waals surface area contributed by atoms with Gasteiger partial charge in [-0.3, -0.25) is 0 Å². The van der Waals surface area contributed by atoms with Gasteiger partial charge in [-0.1, -0.05) is 18.2 Å². The van der Waals surface area contributed by atoms with Gasteiger partial charge in [-0.15, -0.1) is 23.1 Å². The van der Waals surface area contributed by atoms with E-state index in [0.29, 0.717) is 0 Å². The Morgan fingerprint density at radius 1 is 1.35 bits per heavy atom. The maximum absolute atomic E-state index is 6.30. The minimum absolute atomic E-state index is 0.0635. The van der Waals surface area contributed by atoms with Gasteiger partial charge in [0.1, 0.15) is 0 Å². The predicted octanol–water partition coefficient (Wildman–Crippen LogP) is 4.48. The molecule has 1 unspecified atom stereocenters. The minimum atomic E-state index is 0.0635. The molecule has 1 aromatic carbocycles. The van der Waals surface area contributed by atoms with Gasteiger partial charge < -0.3 is 5.73 Å². The number of hydrogen-bond donors (Lipinski definition) is 1. The van der Waals surface area contributed by atoms with Crippen molar-refractivity contribution in [1.82, 2.24) is 0 Å². The molecule has 0 spiro atoms. The van der Waals surface area contributed by atoms with E-state index in [-0.39, 0.29) is 6.04 Å². The van der Waals surface area contributed by atoms with Crippen LogP contribution in [-0.2, 0) is 6.42 Å². The first-order valence-electron chi connectivity index (χ1n) is 5.32. The van der Waals surface area contributed by atoms with Gasteiger partial charge in [0.25, 0.3) is 0 Å². The van der Waals surface area contributed by atoms with Gasteiger partial charge in [0.05, 0.1) is 0 Å². The summed E-state index contributed by atoms with van der Waals surface area (Å²) in [4.78, 5) is 2.58. The predicted molar refractivity (Wildman–Crippen MR) is 80.9 cm³/mol. The van der Waals surface area contributed by atoms with Crippen LogP contribution in [0.1, 0.15) is 16.5 Å². The lowest BCUT2D eigenvalue weighted by atomic mass is 10.0. The summed E-state index contributed by atoms with van der Waals surface area (Å²) in [6, 6.07) is 10.5. The first-order valence-corrected chi connectivity index (χ1v) is 8.22. The normalized spacial score (nSPS) is 12.6. The van der Waals surface area contributed by atoms with E-state index >= 15 is 0 Å². The van der Waals surface area contributed by atoms with Crippen molar-refractivity contribution in [2.75, 3.05) is 6.26 Å². The molecule has 2 aromatic rings. The van der Waals surface area contributed by atoms with E-state index < -0.39 is 0 Å². The second kappa shape index (κ2) is 6.05. The van der Waals surface area contributed by atoms with Gasteiger partial charge in [0.2, 0.25) is 0 Å². The Balaban J connectivity index is 2.20. The number of rotatable bonds is 4. The highest BCUT2D eigenvalue weighted by molar-refractivity contribution is 9.10. The van der Waals surface area contributed by atoms with Crippen molar-refractivity contribution in [2.24, 2.45) is 5.73 Å². The zero-order valence-corrected chi connectivity index (χ0v) is 12.7. The van der Waals surface area contributed by atoms with Gasteiger partial charge >= 0.3 is 0 Å². The van der Waals surface area contributed by atoms with E-state index in [1.807, 2.05) is 0 Å². The van der Waals surface area contributed by atoms with E-state index in [1.54, 1.807) is 23.1 Å². The van der Waals surface area contributed by atoms with Crippen LogP contribution in [0.4, 0.5) is 0 Å². The Bertz CT molecular complexity index is 496. The van der Waals surface area contributed by atoms with Crippen molar-refractivity contribution in [3.8, 4) is 0 Å². The zero-order valence-electron chi connectivity index (χ0n) is 9.52. The molecule has 4 heteroatoms. The number of thioether (sulfide) groups is 1. The standard InChI is InChI=1S/C13H14BrNS2/c1-16-12-5-3-2-4-9(12)11(15)8-13-10(14)6-7-17-13/h2-7,11H,8,15H2,1H3. The van der Waals surface area contributed by atoms with Crippen molar-refractivity contribution in [3.63, 3.8) is 0 Å². The third-order valence-electron chi connectivity index (χ3n) is 2.63. The molecule has 0 aliphatic rings. The summed E-state index contributed by atoms with van der Waals surface area (Å²) in [6.45, 7) is 0. The Kier molecular flexibility index (Phi) is 4.68. The summed E-state index contributed by atoms with van der Waals surface area (Å²) in [7, 11) is 0. The highest BCUT2D eigenvalue weighted by Gasteiger charge is 2.13. The maximum atomic E-state index is 6.30. The molecule has 0 fully saturated rings. The monoisotopic (exact) mass is 327 g/mol. The smallest absolute Gasteiger partial charge is 0.0355 e. The Hall–Kier alpha value is -0.290. The molecule has 0 radical (unpaired) electrons. The molecule has 0 aliphatic carbocycles. The van der Waals surface area contributed by atoms with Gasteiger partial charge in [-0.2, -0.15) is 0 Å². The van der Waals surface area contributed by atoms with Gasteiger partial charge in [0.15, 0.2) is 0 Å². The van der Waals surface area contributed by atoms with Crippen molar-refractivity contribution < 1.29 is 0 Å². The average Bonchev–Trinajstić information content (AvgIpc) is 2.75. The maximum Gasteiger partial charge on any atom is 0.0355 e. The topological polar surface area (TPSA) is 26.0 Å². The van der Waals surface area contributed by atoms with Crippen molar-refractivity contribution in [3.05, 3.63) is 50.6 Å². The number of halogens is 1. The molecule has 0 amide bonds.